The Bertz CT molecular complexity index is 1220. The van der Waals surface area contributed by atoms with E-state index in [1.165, 1.54) is 5.56 Å². The average molecular weight is 517 g/mol. The smallest absolute Gasteiger partial charge is 0.265 e. The van der Waals surface area contributed by atoms with Crippen molar-refractivity contribution in [3.63, 3.8) is 0 Å². The summed E-state index contributed by atoms with van der Waals surface area (Å²) in [6.07, 6.45) is 2.20. The van der Waals surface area contributed by atoms with Gasteiger partial charge in [-0.05, 0) is 78.5 Å². The number of aromatic hydroxyl groups is 1. The Morgan fingerprint density at radius 2 is 1.58 bits per heavy atom. The van der Waals surface area contributed by atoms with Gasteiger partial charge in [0.15, 0.2) is 6.10 Å². The highest BCUT2D eigenvalue weighted by Crippen LogP contribution is 2.38. The number of carbonyl (C=O) groups is 1. The third-order valence-corrected chi connectivity index (χ3v) is 7.74. The number of phenolic OH excluding ortho intramolecular Hbond substituents is 1. The minimum Gasteiger partial charge on any atom is -0.508 e. The van der Waals surface area contributed by atoms with Crippen LogP contribution in [0.4, 0.5) is 11.4 Å². The highest BCUT2D eigenvalue weighted by Gasteiger charge is 2.28. The van der Waals surface area contributed by atoms with E-state index in [0.717, 1.165) is 54.1 Å². The lowest BCUT2D eigenvalue weighted by Gasteiger charge is -2.31. The molecule has 0 aliphatic rings. The summed E-state index contributed by atoms with van der Waals surface area (Å²) in [4.78, 5) is 13.0. The highest BCUT2D eigenvalue weighted by molar-refractivity contribution is 5.94. The fourth-order valence-corrected chi connectivity index (χ4v) is 4.19. The molecular formula is C33H44N2O3. The van der Waals surface area contributed by atoms with Gasteiger partial charge in [0.25, 0.3) is 5.91 Å². The van der Waals surface area contributed by atoms with Crippen molar-refractivity contribution in [2.45, 2.75) is 84.7 Å². The maximum atomic E-state index is 13.0. The fourth-order valence-electron chi connectivity index (χ4n) is 4.19. The van der Waals surface area contributed by atoms with E-state index in [1.807, 2.05) is 42.5 Å². The molecule has 1 atom stereocenters. The Hall–Kier alpha value is -3.47. The van der Waals surface area contributed by atoms with Gasteiger partial charge in [0, 0.05) is 29.5 Å². The van der Waals surface area contributed by atoms with Crippen LogP contribution in [0.3, 0.4) is 0 Å². The second-order valence-corrected chi connectivity index (χ2v) is 11.4. The fraction of sp³-hybridized carbons (Fsp3) is 0.424. The van der Waals surface area contributed by atoms with Gasteiger partial charge in [0.05, 0.1) is 0 Å². The quantitative estimate of drug-likeness (QED) is 0.229. The highest BCUT2D eigenvalue weighted by atomic mass is 16.5. The first-order valence-electron chi connectivity index (χ1n) is 13.7. The first kappa shape index (κ1) is 29.1. The summed E-state index contributed by atoms with van der Waals surface area (Å²) in [5, 5.41) is 15.9. The number of rotatable bonds is 12. The molecule has 3 rings (SSSR count). The summed E-state index contributed by atoms with van der Waals surface area (Å²) in [5.41, 5.74) is 5.22. The van der Waals surface area contributed by atoms with Crippen LogP contribution in [0.5, 0.6) is 11.5 Å². The molecule has 0 spiro atoms. The number of phenols is 1. The summed E-state index contributed by atoms with van der Waals surface area (Å²) >= 11 is 0. The van der Waals surface area contributed by atoms with Gasteiger partial charge in [-0.1, -0.05) is 71.9 Å². The Labute approximate surface area is 228 Å². The zero-order chi connectivity index (χ0) is 27.9. The van der Waals surface area contributed by atoms with E-state index < -0.39 is 6.10 Å². The molecule has 3 N–H and O–H groups in total. The molecule has 0 radical (unpaired) electrons. The van der Waals surface area contributed by atoms with Gasteiger partial charge in [-0.2, -0.15) is 0 Å². The van der Waals surface area contributed by atoms with E-state index in [9.17, 15) is 9.90 Å². The van der Waals surface area contributed by atoms with E-state index in [-0.39, 0.29) is 22.5 Å². The Morgan fingerprint density at radius 3 is 2.21 bits per heavy atom. The number of hydrogen-bond acceptors (Lipinski definition) is 4. The maximum absolute atomic E-state index is 13.0. The van der Waals surface area contributed by atoms with E-state index in [0.29, 0.717) is 0 Å². The standard InChI is InChI=1S/C33H44N2O3/c1-8-32(4,5)25-15-18-30(29(21-25)33(6,7)9-2)38-23(3)31(37)35-26-16-13-24(14-17-26)19-20-34-27-11-10-12-28(36)22-27/h10-18,21-23,34,36H,8-9,19-20H2,1-7H3,(H,35,37). The number of carbonyl (C=O) groups excluding carboxylic acids is 1. The van der Waals surface area contributed by atoms with Crippen LogP contribution in [0, 0.1) is 0 Å². The summed E-state index contributed by atoms with van der Waals surface area (Å²) in [6, 6.07) is 21.4. The van der Waals surface area contributed by atoms with Crippen LogP contribution < -0.4 is 15.4 Å². The van der Waals surface area contributed by atoms with E-state index in [2.05, 4.69) is 64.3 Å². The molecule has 3 aromatic rings. The van der Waals surface area contributed by atoms with Gasteiger partial charge in [-0.15, -0.1) is 0 Å². The van der Waals surface area contributed by atoms with Gasteiger partial charge in [0.2, 0.25) is 0 Å². The van der Waals surface area contributed by atoms with Gasteiger partial charge in [-0.25, -0.2) is 0 Å². The van der Waals surface area contributed by atoms with E-state index in [4.69, 9.17) is 4.74 Å². The number of anilines is 2. The van der Waals surface area contributed by atoms with Crippen LogP contribution in [-0.4, -0.2) is 23.7 Å². The molecule has 0 heterocycles. The topological polar surface area (TPSA) is 70.6 Å². The molecule has 0 aromatic heterocycles. The van der Waals surface area contributed by atoms with Crippen molar-refractivity contribution in [3.8, 4) is 11.5 Å². The van der Waals surface area contributed by atoms with Crippen molar-refractivity contribution < 1.29 is 14.6 Å². The second kappa shape index (κ2) is 12.4. The van der Waals surface area contributed by atoms with Crippen LogP contribution in [0.1, 0.15) is 78.0 Å². The molecule has 0 fully saturated rings. The van der Waals surface area contributed by atoms with Crippen LogP contribution in [0.15, 0.2) is 66.7 Å². The normalized spacial score (nSPS) is 12.6. The molecule has 204 valence electrons. The van der Waals surface area contributed by atoms with Crippen molar-refractivity contribution in [1.82, 2.24) is 0 Å². The van der Waals surface area contributed by atoms with Crippen molar-refractivity contribution in [3.05, 3.63) is 83.4 Å². The number of hydrogen-bond donors (Lipinski definition) is 3. The van der Waals surface area contributed by atoms with Gasteiger partial charge in [-0.3, -0.25) is 4.79 Å². The first-order valence-corrected chi connectivity index (χ1v) is 13.7. The molecule has 0 aliphatic carbocycles. The van der Waals surface area contributed by atoms with Gasteiger partial charge >= 0.3 is 0 Å². The van der Waals surface area contributed by atoms with Crippen LogP contribution in [0.25, 0.3) is 0 Å². The molecule has 0 aliphatic heterocycles. The number of benzene rings is 3. The number of amides is 1. The molecule has 38 heavy (non-hydrogen) atoms. The summed E-state index contributed by atoms with van der Waals surface area (Å²) in [6.45, 7) is 15.9. The van der Waals surface area contributed by atoms with E-state index >= 15 is 0 Å². The Morgan fingerprint density at radius 1 is 0.895 bits per heavy atom. The summed E-state index contributed by atoms with van der Waals surface area (Å²) in [5.74, 6) is 0.835. The van der Waals surface area contributed by atoms with Gasteiger partial charge in [0.1, 0.15) is 11.5 Å². The van der Waals surface area contributed by atoms with Gasteiger partial charge < -0.3 is 20.5 Å². The average Bonchev–Trinajstić information content (AvgIpc) is 2.89. The molecule has 3 aromatic carbocycles. The van der Waals surface area contributed by atoms with Crippen LogP contribution >= 0.6 is 0 Å². The molecule has 5 nitrogen and oxygen atoms in total. The lowest BCUT2D eigenvalue weighted by atomic mass is 9.76. The SMILES string of the molecule is CCC(C)(C)c1ccc(OC(C)C(=O)Nc2ccc(CCNc3cccc(O)c3)cc2)c(C(C)(C)CC)c1. The second-order valence-electron chi connectivity index (χ2n) is 11.4. The number of ether oxygens (including phenoxy) is 1. The lowest BCUT2D eigenvalue weighted by Crippen LogP contribution is -2.31. The zero-order valence-corrected chi connectivity index (χ0v) is 24.0. The predicted molar refractivity (Wildman–Crippen MR) is 159 cm³/mol. The summed E-state index contributed by atoms with van der Waals surface area (Å²) < 4.78 is 6.26. The minimum atomic E-state index is -0.641. The molecule has 1 unspecified atom stereocenters. The largest absolute Gasteiger partial charge is 0.508 e. The predicted octanol–water partition coefficient (Wildman–Crippen LogP) is 7.83. The molecule has 1 amide bonds. The maximum Gasteiger partial charge on any atom is 0.265 e. The molecule has 0 bridgehead atoms. The molecule has 0 saturated carbocycles. The zero-order valence-electron chi connectivity index (χ0n) is 24.0. The van der Waals surface area contributed by atoms with Crippen molar-refractivity contribution in [2.75, 3.05) is 17.2 Å². The van der Waals surface area contributed by atoms with Crippen molar-refractivity contribution in [1.29, 1.82) is 0 Å². The third kappa shape index (κ3) is 7.53. The molecule has 5 heteroatoms. The Kier molecular flexibility index (Phi) is 9.48. The first-order chi connectivity index (χ1) is 17.9. The van der Waals surface area contributed by atoms with E-state index in [1.54, 1.807) is 19.1 Å². The van der Waals surface area contributed by atoms with Crippen molar-refractivity contribution in [2.24, 2.45) is 0 Å². The lowest BCUT2D eigenvalue weighted by molar-refractivity contribution is -0.122. The number of nitrogens with one attached hydrogen (secondary N) is 2. The molecular weight excluding hydrogens is 472 g/mol. The van der Waals surface area contributed by atoms with Crippen LogP contribution in [0.2, 0.25) is 0 Å². The Balaban J connectivity index is 1.62. The van der Waals surface area contributed by atoms with Crippen molar-refractivity contribution >= 4 is 17.3 Å². The molecule has 0 saturated heterocycles. The minimum absolute atomic E-state index is 0.0725. The third-order valence-electron chi connectivity index (χ3n) is 7.74. The summed E-state index contributed by atoms with van der Waals surface area (Å²) in [7, 11) is 0. The van der Waals surface area contributed by atoms with Crippen LogP contribution in [-0.2, 0) is 22.0 Å². The monoisotopic (exact) mass is 516 g/mol.